The number of hydrogen-bond donors (Lipinski definition) is 0. The molecule has 5 heteroatoms. The summed E-state index contributed by atoms with van der Waals surface area (Å²) in [5.41, 5.74) is 0. The Morgan fingerprint density at radius 1 is 1.15 bits per heavy atom. The smallest absolute Gasteiger partial charge is 0.239 e. The molecule has 0 radical (unpaired) electrons. The van der Waals surface area contributed by atoms with Gasteiger partial charge in [-0.3, -0.25) is 9.59 Å². The van der Waals surface area contributed by atoms with Crippen LogP contribution in [-0.4, -0.2) is 17.0 Å². The molecule has 20 heavy (non-hydrogen) atoms. The highest BCUT2D eigenvalue weighted by Crippen LogP contribution is 2.65. The van der Waals surface area contributed by atoms with E-state index in [2.05, 4.69) is 17.3 Å². The first-order chi connectivity index (χ1) is 9.66. The van der Waals surface area contributed by atoms with Crippen molar-refractivity contribution in [1.29, 1.82) is 0 Å². The van der Waals surface area contributed by atoms with E-state index in [1.165, 1.54) is 11.3 Å². The number of hydrogen-bond acceptors (Lipinski definition) is 4. The van der Waals surface area contributed by atoms with Crippen LogP contribution in [0.3, 0.4) is 0 Å². The minimum absolute atomic E-state index is 0.0852. The molecule has 4 aliphatic carbocycles. The fourth-order valence-corrected chi connectivity index (χ4v) is 4.64. The van der Waals surface area contributed by atoms with Gasteiger partial charge in [-0.1, -0.05) is 17.3 Å². The first kappa shape index (κ1) is 10.8. The second kappa shape index (κ2) is 3.22. The lowest BCUT2D eigenvalue weighted by molar-refractivity contribution is -0.124. The molecule has 0 aromatic carbocycles. The fraction of sp³-hybridized carbons (Fsp3) is 0.533. The molecule has 5 aliphatic rings. The van der Waals surface area contributed by atoms with E-state index in [-0.39, 0.29) is 35.5 Å². The molecule has 2 bridgehead atoms. The molecule has 6 rings (SSSR count). The Bertz CT molecular complexity index is 640. The summed E-state index contributed by atoms with van der Waals surface area (Å²) in [4.78, 5) is 26.7. The molecular weight excluding hydrogens is 256 g/mol. The Balaban J connectivity index is 1.60. The van der Waals surface area contributed by atoms with Crippen LogP contribution < -0.4 is 4.90 Å². The molecule has 3 fully saturated rings. The molecule has 1 aliphatic heterocycles. The Morgan fingerprint density at radius 3 is 2.25 bits per heavy atom. The molecule has 2 saturated carbocycles. The van der Waals surface area contributed by atoms with Gasteiger partial charge in [0.25, 0.3) is 0 Å². The SMILES string of the molecule is Cc1cc(N2C(=O)[C@@H]3[C@H]4C=C[C@@H]([C@@H]5C[C@@H]45)[C@@H]3C2=O)no1. The number of carbonyl (C=O) groups is 2. The predicted octanol–water partition coefficient (Wildman–Crippen LogP) is 1.54. The van der Waals surface area contributed by atoms with E-state index >= 15 is 0 Å². The van der Waals surface area contributed by atoms with Gasteiger partial charge in [-0.2, -0.15) is 0 Å². The van der Waals surface area contributed by atoms with Crippen molar-refractivity contribution in [2.24, 2.45) is 35.5 Å². The van der Waals surface area contributed by atoms with E-state index in [0.29, 0.717) is 23.4 Å². The van der Waals surface area contributed by atoms with Crippen LogP contribution in [0.5, 0.6) is 0 Å². The highest BCUT2D eigenvalue weighted by atomic mass is 16.5. The highest BCUT2D eigenvalue weighted by Gasteiger charge is 2.67. The van der Waals surface area contributed by atoms with Crippen molar-refractivity contribution in [3.8, 4) is 0 Å². The van der Waals surface area contributed by atoms with E-state index in [0.717, 1.165) is 0 Å². The fourth-order valence-electron chi connectivity index (χ4n) is 4.64. The van der Waals surface area contributed by atoms with Gasteiger partial charge in [0.05, 0.1) is 11.8 Å². The molecule has 1 aromatic rings. The maximum atomic E-state index is 12.7. The van der Waals surface area contributed by atoms with E-state index in [1.54, 1.807) is 13.0 Å². The zero-order valence-electron chi connectivity index (χ0n) is 11.0. The molecule has 0 N–H and O–H groups in total. The number of rotatable bonds is 1. The molecular formula is C15H14N2O3. The average Bonchev–Trinajstić information content (AvgIpc) is 3.10. The molecule has 5 nitrogen and oxygen atoms in total. The number of imide groups is 1. The van der Waals surface area contributed by atoms with Crippen molar-refractivity contribution in [3.63, 3.8) is 0 Å². The lowest BCUT2D eigenvalue weighted by Crippen LogP contribution is -2.40. The van der Waals surface area contributed by atoms with Crippen LogP contribution in [0.2, 0.25) is 0 Å². The third kappa shape index (κ3) is 1.09. The van der Waals surface area contributed by atoms with Gasteiger partial charge in [-0.15, -0.1) is 0 Å². The van der Waals surface area contributed by atoms with Crippen molar-refractivity contribution < 1.29 is 14.1 Å². The third-order valence-electron chi connectivity index (χ3n) is 5.51. The number of carbonyl (C=O) groups excluding carboxylic acids is 2. The Kier molecular flexibility index (Phi) is 1.74. The van der Waals surface area contributed by atoms with E-state index in [4.69, 9.17) is 4.52 Å². The van der Waals surface area contributed by atoms with E-state index in [9.17, 15) is 9.59 Å². The number of allylic oxidation sites excluding steroid dienone is 2. The van der Waals surface area contributed by atoms with Crippen molar-refractivity contribution in [2.45, 2.75) is 13.3 Å². The normalized spacial score (nSPS) is 44.0. The summed E-state index contributed by atoms with van der Waals surface area (Å²) in [5.74, 6) is 2.21. The lowest BCUT2D eigenvalue weighted by atomic mass is 9.63. The number of aromatic nitrogens is 1. The molecule has 102 valence electrons. The maximum Gasteiger partial charge on any atom is 0.239 e. The molecule has 0 unspecified atom stereocenters. The molecule has 6 atom stereocenters. The van der Waals surface area contributed by atoms with Gasteiger partial charge in [-0.25, -0.2) is 4.90 Å². The van der Waals surface area contributed by atoms with Crippen molar-refractivity contribution in [1.82, 2.24) is 5.16 Å². The van der Waals surface area contributed by atoms with E-state index < -0.39 is 0 Å². The number of amides is 2. The number of anilines is 1. The second-order valence-electron chi connectivity index (χ2n) is 6.46. The highest BCUT2D eigenvalue weighted by molar-refractivity contribution is 6.22. The molecule has 1 saturated heterocycles. The third-order valence-corrected chi connectivity index (χ3v) is 5.51. The second-order valence-corrected chi connectivity index (χ2v) is 6.46. The first-order valence-electron chi connectivity index (χ1n) is 7.16. The Labute approximate surface area is 115 Å². The van der Waals surface area contributed by atoms with Crippen LogP contribution in [0.25, 0.3) is 0 Å². The zero-order valence-corrected chi connectivity index (χ0v) is 11.0. The van der Waals surface area contributed by atoms with Gasteiger partial charge in [0, 0.05) is 6.07 Å². The standard InChI is InChI=1S/C15H14N2O3/c1-6-4-11(16-20-6)17-14(18)12-7-2-3-8(10-5-9(7)10)13(12)15(17)19/h2-4,7-10,12-13H,5H2,1H3/t7-,8-,9-,10-,12-,13+/m0/s1. The topological polar surface area (TPSA) is 63.4 Å². The van der Waals surface area contributed by atoms with Gasteiger partial charge in [0.2, 0.25) is 11.8 Å². The summed E-state index contributed by atoms with van der Waals surface area (Å²) >= 11 is 0. The summed E-state index contributed by atoms with van der Waals surface area (Å²) in [5, 5.41) is 3.85. The Hall–Kier alpha value is -1.91. The summed E-state index contributed by atoms with van der Waals surface area (Å²) < 4.78 is 5.01. The van der Waals surface area contributed by atoms with Gasteiger partial charge in [0.15, 0.2) is 5.82 Å². The maximum absolute atomic E-state index is 12.7. The lowest BCUT2D eigenvalue weighted by Gasteiger charge is -2.37. The van der Waals surface area contributed by atoms with Crippen LogP contribution in [0.15, 0.2) is 22.7 Å². The molecule has 2 heterocycles. The van der Waals surface area contributed by atoms with Crippen LogP contribution >= 0.6 is 0 Å². The van der Waals surface area contributed by atoms with Crippen LogP contribution in [0.1, 0.15) is 12.2 Å². The van der Waals surface area contributed by atoms with Gasteiger partial charge >= 0.3 is 0 Å². The van der Waals surface area contributed by atoms with Crippen LogP contribution in [0, 0.1) is 42.4 Å². The van der Waals surface area contributed by atoms with Crippen molar-refractivity contribution in [3.05, 3.63) is 24.0 Å². The molecule has 1 aromatic heterocycles. The quantitative estimate of drug-likeness (QED) is 0.573. The Morgan fingerprint density at radius 2 is 1.75 bits per heavy atom. The average molecular weight is 270 g/mol. The summed E-state index contributed by atoms with van der Waals surface area (Å²) in [6.45, 7) is 1.76. The molecule has 0 spiro atoms. The zero-order chi connectivity index (χ0) is 13.6. The molecule has 2 amide bonds. The summed E-state index contributed by atoms with van der Waals surface area (Å²) in [6.07, 6.45) is 5.52. The minimum Gasteiger partial charge on any atom is -0.360 e. The summed E-state index contributed by atoms with van der Waals surface area (Å²) in [7, 11) is 0. The number of nitrogens with zero attached hydrogens (tertiary/aromatic N) is 2. The van der Waals surface area contributed by atoms with Gasteiger partial charge < -0.3 is 4.52 Å². The van der Waals surface area contributed by atoms with Crippen LogP contribution in [0.4, 0.5) is 5.82 Å². The van der Waals surface area contributed by atoms with E-state index in [1.807, 2.05) is 0 Å². The van der Waals surface area contributed by atoms with Crippen LogP contribution in [-0.2, 0) is 9.59 Å². The minimum atomic E-state index is -0.168. The van der Waals surface area contributed by atoms with Crippen molar-refractivity contribution >= 4 is 17.6 Å². The first-order valence-corrected chi connectivity index (χ1v) is 7.16. The van der Waals surface area contributed by atoms with Gasteiger partial charge in [-0.05, 0) is 37.0 Å². The monoisotopic (exact) mass is 270 g/mol. The largest absolute Gasteiger partial charge is 0.360 e. The predicted molar refractivity (Wildman–Crippen MR) is 68.4 cm³/mol. The number of aryl methyl sites for hydroxylation is 1. The summed E-state index contributed by atoms with van der Waals surface area (Å²) in [6, 6.07) is 1.66. The van der Waals surface area contributed by atoms with Crippen molar-refractivity contribution in [2.75, 3.05) is 4.90 Å². The van der Waals surface area contributed by atoms with Gasteiger partial charge in [0.1, 0.15) is 5.76 Å².